The Hall–Kier alpha value is -1.03. The Morgan fingerprint density at radius 1 is 0.895 bits per heavy atom. The van der Waals surface area contributed by atoms with Crippen LogP contribution in [0.15, 0.2) is 12.2 Å². The van der Waals surface area contributed by atoms with Gasteiger partial charge in [0.05, 0.1) is 30.3 Å². The maximum Gasteiger partial charge on any atom is 0.312 e. The average molecular weight is 535 g/mol. The number of rotatable bonds is 3. The van der Waals surface area contributed by atoms with E-state index in [1.165, 1.54) is 0 Å². The second kappa shape index (κ2) is 7.62. The highest BCUT2D eigenvalue weighted by Crippen LogP contribution is 2.90. The summed E-state index contributed by atoms with van der Waals surface area (Å²) in [5.41, 5.74) is -4.47. The van der Waals surface area contributed by atoms with Crippen LogP contribution in [-0.4, -0.2) is 79.3 Å². The minimum Gasteiger partial charge on any atom is -0.481 e. The summed E-state index contributed by atoms with van der Waals surface area (Å²) in [6.07, 6.45) is 3.68. The molecule has 38 heavy (non-hydrogen) atoms. The van der Waals surface area contributed by atoms with E-state index in [1.54, 1.807) is 0 Å². The Morgan fingerprint density at radius 3 is 2.18 bits per heavy atom. The highest BCUT2D eigenvalue weighted by molar-refractivity contribution is 5.77. The first-order chi connectivity index (χ1) is 17.6. The van der Waals surface area contributed by atoms with E-state index < -0.39 is 57.5 Å². The van der Waals surface area contributed by atoms with Crippen LogP contribution in [0.1, 0.15) is 72.6 Å². The number of carbonyl (C=O) groups is 1. The fourth-order valence-electron chi connectivity index (χ4n) is 12.0. The average Bonchev–Trinajstić information content (AvgIpc) is 3.59. The monoisotopic (exact) mass is 534 g/mol. The first kappa shape index (κ1) is 27.2. The van der Waals surface area contributed by atoms with Crippen molar-refractivity contribution < 1.29 is 40.5 Å². The van der Waals surface area contributed by atoms with Crippen LogP contribution in [0.5, 0.6) is 0 Å². The fraction of sp³-hybridized carbons (Fsp3) is 0.900. The summed E-state index contributed by atoms with van der Waals surface area (Å²) < 4.78 is 0. The molecule has 5 fully saturated rings. The van der Waals surface area contributed by atoms with Gasteiger partial charge in [-0.1, -0.05) is 39.8 Å². The van der Waals surface area contributed by atoms with Crippen LogP contribution in [0, 0.1) is 55.7 Å². The van der Waals surface area contributed by atoms with Crippen molar-refractivity contribution in [3.05, 3.63) is 12.2 Å². The van der Waals surface area contributed by atoms with Crippen LogP contribution < -0.4 is 0 Å². The van der Waals surface area contributed by atoms with Gasteiger partial charge in [-0.3, -0.25) is 4.79 Å². The number of fused-ring (bicyclic) bond motifs is 4. The number of carboxylic acid groups (broad SMARTS) is 1. The van der Waals surface area contributed by atoms with Crippen LogP contribution in [-0.2, 0) is 4.79 Å². The molecule has 0 amide bonds. The van der Waals surface area contributed by atoms with Gasteiger partial charge in [-0.25, -0.2) is 0 Å². The zero-order chi connectivity index (χ0) is 27.9. The Balaban J connectivity index is 1.49. The lowest BCUT2D eigenvalue weighted by molar-refractivity contribution is -0.280. The molecular formula is C30H46O8. The summed E-state index contributed by atoms with van der Waals surface area (Å²) in [7, 11) is 0. The van der Waals surface area contributed by atoms with Gasteiger partial charge in [0.2, 0.25) is 0 Å². The molecule has 0 heterocycles. The lowest BCUT2D eigenvalue weighted by atomic mass is 9.35. The maximum absolute atomic E-state index is 12.9. The van der Waals surface area contributed by atoms with Crippen molar-refractivity contribution in [2.75, 3.05) is 13.2 Å². The van der Waals surface area contributed by atoms with Crippen molar-refractivity contribution in [1.82, 2.24) is 0 Å². The van der Waals surface area contributed by atoms with Crippen molar-refractivity contribution in [3.8, 4) is 0 Å². The van der Waals surface area contributed by atoms with Crippen molar-refractivity contribution in [3.63, 3.8) is 0 Å². The van der Waals surface area contributed by atoms with Gasteiger partial charge < -0.3 is 35.7 Å². The molecule has 6 rings (SSSR count). The van der Waals surface area contributed by atoms with Crippen LogP contribution in [0.25, 0.3) is 0 Å². The Kier molecular flexibility index (Phi) is 5.45. The normalized spacial score (nSPS) is 62.5. The van der Waals surface area contributed by atoms with Gasteiger partial charge in [-0.15, -0.1) is 0 Å². The second-order valence-corrected chi connectivity index (χ2v) is 15.3. The summed E-state index contributed by atoms with van der Waals surface area (Å²) in [5, 5.41) is 76.1. The molecule has 0 bridgehead atoms. The smallest absolute Gasteiger partial charge is 0.312 e. The number of aliphatic hydroxyl groups excluding tert-OH is 6. The first-order valence-electron chi connectivity index (χ1n) is 14.5. The third-order valence-electron chi connectivity index (χ3n) is 14.2. The number of aliphatic carboxylic acids is 1. The second-order valence-electron chi connectivity index (χ2n) is 15.3. The molecule has 0 radical (unpaired) electrons. The zero-order valence-electron chi connectivity index (χ0n) is 23.1. The van der Waals surface area contributed by atoms with E-state index in [-0.39, 0.29) is 48.2 Å². The summed E-state index contributed by atoms with van der Waals surface area (Å²) in [6, 6.07) is 0. The summed E-state index contributed by atoms with van der Waals surface area (Å²) in [5.74, 6) is -1.61. The Bertz CT molecular complexity index is 1080. The SMILES string of the molecule is C[C@@]1(CO)C[C@@H]2[C@@](C(=O)O)(CC[C@]34C[C@]23C=C[C@@H]2[C@]3(C)[C@H](CC[C@]24C)[C@@](C)(CO)[C@@H](O)[C@H](O)[C@@H]3O)[C@@H](O)C1. The molecule has 0 aliphatic heterocycles. The molecule has 7 N–H and O–H groups in total. The molecule has 0 aromatic rings. The number of aliphatic hydroxyl groups is 6. The summed E-state index contributed by atoms with van der Waals surface area (Å²) in [6.45, 7) is 7.63. The first-order valence-corrected chi connectivity index (χ1v) is 14.5. The van der Waals surface area contributed by atoms with Crippen LogP contribution in [0.3, 0.4) is 0 Å². The lowest BCUT2D eigenvalue weighted by Gasteiger charge is -2.69. The van der Waals surface area contributed by atoms with E-state index in [0.717, 1.165) is 12.8 Å². The highest BCUT2D eigenvalue weighted by atomic mass is 16.4. The van der Waals surface area contributed by atoms with Gasteiger partial charge >= 0.3 is 5.97 Å². The highest BCUT2D eigenvalue weighted by Gasteiger charge is 2.86. The number of hydrogen-bond donors (Lipinski definition) is 7. The maximum atomic E-state index is 12.9. The quantitative estimate of drug-likeness (QED) is 0.270. The van der Waals surface area contributed by atoms with E-state index in [2.05, 4.69) is 19.1 Å². The van der Waals surface area contributed by atoms with Crippen LogP contribution >= 0.6 is 0 Å². The van der Waals surface area contributed by atoms with Gasteiger partial charge in [0, 0.05) is 17.4 Å². The van der Waals surface area contributed by atoms with Crippen molar-refractivity contribution >= 4 is 5.97 Å². The largest absolute Gasteiger partial charge is 0.481 e. The van der Waals surface area contributed by atoms with Crippen LogP contribution in [0.4, 0.5) is 0 Å². The molecule has 6 aliphatic carbocycles. The molecule has 0 aromatic heterocycles. The van der Waals surface area contributed by atoms with Crippen molar-refractivity contribution in [1.29, 1.82) is 0 Å². The molecule has 0 unspecified atom stereocenters. The van der Waals surface area contributed by atoms with E-state index in [0.29, 0.717) is 25.7 Å². The molecule has 214 valence electrons. The number of hydrogen-bond acceptors (Lipinski definition) is 7. The Morgan fingerprint density at radius 2 is 1.58 bits per heavy atom. The molecule has 8 heteroatoms. The molecule has 6 aliphatic rings. The molecule has 14 atom stereocenters. The minimum atomic E-state index is -1.38. The predicted octanol–water partition coefficient (Wildman–Crippen LogP) is 1.70. The van der Waals surface area contributed by atoms with Gasteiger partial charge in [-0.2, -0.15) is 0 Å². The molecular weight excluding hydrogens is 488 g/mol. The Labute approximate surface area is 224 Å². The standard InChI is InChI=1S/C30H46O8/c1-24(14-31)11-18-28-8-6-17-26(3,29(28,13-28)9-10-30(18,23(37)38)19(33)12-24)7-5-16-25(2,15-32)21(35)20(34)22(36)27(16,17)4/h6,8,16-22,31-36H,5,7,9-15H2,1-4H3,(H,37,38)/t16-,17+,18+,19+,20+,21+,22+,24-,25-,26-,27+,28-,29-,30+/m1/s1. The molecule has 0 aromatic carbocycles. The minimum absolute atomic E-state index is 0.102. The van der Waals surface area contributed by atoms with Gasteiger partial charge in [0.25, 0.3) is 0 Å². The van der Waals surface area contributed by atoms with E-state index in [4.69, 9.17) is 0 Å². The van der Waals surface area contributed by atoms with Gasteiger partial charge in [-0.05, 0) is 84.4 Å². The number of carboxylic acids is 1. The van der Waals surface area contributed by atoms with Gasteiger partial charge in [0.1, 0.15) is 6.10 Å². The van der Waals surface area contributed by atoms with Crippen LogP contribution in [0.2, 0.25) is 0 Å². The van der Waals surface area contributed by atoms with Crippen molar-refractivity contribution in [2.45, 2.75) is 97.1 Å². The molecule has 0 saturated heterocycles. The van der Waals surface area contributed by atoms with E-state index in [9.17, 15) is 40.5 Å². The number of allylic oxidation sites excluding steroid dienone is 2. The fourth-order valence-corrected chi connectivity index (χ4v) is 12.0. The van der Waals surface area contributed by atoms with E-state index in [1.807, 2.05) is 20.8 Å². The lowest BCUT2D eigenvalue weighted by Crippen LogP contribution is -2.72. The third-order valence-corrected chi connectivity index (χ3v) is 14.2. The molecule has 5 saturated carbocycles. The van der Waals surface area contributed by atoms with Gasteiger partial charge in [0.15, 0.2) is 0 Å². The van der Waals surface area contributed by atoms with Crippen molar-refractivity contribution in [2.24, 2.45) is 55.7 Å². The molecule has 0 spiro atoms. The predicted molar refractivity (Wildman–Crippen MR) is 137 cm³/mol. The zero-order valence-corrected chi connectivity index (χ0v) is 23.1. The summed E-state index contributed by atoms with van der Waals surface area (Å²) in [4.78, 5) is 12.9. The van der Waals surface area contributed by atoms with E-state index >= 15 is 0 Å². The topological polar surface area (TPSA) is 159 Å². The summed E-state index contributed by atoms with van der Waals surface area (Å²) >= 11 is 0. The molecule has 8 nitrogen and oxygen atoms in total. The third kappa shape index (κ3) is 2.63.